The summed E-state index contributed by atoms with van der Waals surface area (Å²) < 4.78 is 22.4. The van der Waals surface area contributed by atoms with Crippen LogP contribution in [0.4, 0.5) is 4.79 Å². The first-order chi connectivity index (χ1) is 14.4. The number of nitrogens with one attached hydrogen (secondary N) is 2. The summed E-state index contributed by atoms with van der Waals surface area (Å²) in [6, 6.07) is 10.3. The lowest BCUT2D eigenvalue weighted by molar-refractivity contribution is -0.0450. The first-order valence-corrected chi connectivity index (χ1v) is 10.5. The maximum Gasteiger partial charge on any atom is 0.404 e. The van der Waals surface area contributed by atoms with Crippen molar-refractivity contribution in [1.29, 1.82) is 0 Å². The molecule has 0 bridgehead atoms. The number of amides is 1. The van der Waals surface area contributed by atoms with Crippen molar-refractivity contribution in [2.75, 3.05) is 65.9 Å². The van der Waals surface area contributed by atoms with Crippen molar-refractivity contribution in [2.45, 2.75) is 26.9 Å². The van der Waals surface area contributed by atoms with E-state index in [0.717, 1.165) is 13.1 Å². The molecule has 0 saturated heterocycles. The molecule has 1 atom stereocenters. The van der Waals surface area contributed by atoms with Crippen LogP contribution in [0.25, 0.3) is 0 Å². The molecule has 1 rings (SSSR count). The highest BCUT2D eigenvalue weighted by molar-refractivity contribution is 5.64. The van der Waals surface area contributed by atoms with Crippen molar-refractivity contribution in [1.82, 2.24) is 10.6 Å². The number of hydrogen-bond acceptors (Lipinski definition) is 6. The molecule has 8 heteroatoms. The van der Waals surface area contributed by atoms with Crippen LogP contribution in [0.3, 0.4) is 0 Å². The molecule has 172 valence electrons. The Labute approximate surface area is 180 Å². The lowest BCUT2D eigenvalue weighted by Gasteiger charge is -2.31. The fourth-order valence-electron chi connectivity index (χ4n) is 2.77. The SMILES string of the molecule is CC(C)(C)C(OCCOCCNCCOCCOCCNC(=O)O)c1ccccc1. The van der Waals surface area contributed by atoms with Crippen molar-refractivity contribution in [3.8, 4) is 0 Å². The Morgan fingerprint density at radius 2 is 1.40 bits per heavy atom. The zero-order valence-electron chi connectivity index (χ0n) is 18.5. The third-order valence-corrected chi connectivity index (χ3v) is 4.14. The van der Waals surface area contributed by atoms with E-state index in [2.05, 4.69) is 43.5 Å². The van der Waals surface area contributed by atoms with Crippen LogP contribution in [0.5, 0.6) is 0 Å². The lowest BCUT2D eigenvalue weighted by Crippen LogP contribution is -2.27. The molecule has 30 heavy (non-hydrogen) atoms. The van der Waals surface area contributed by atoms with Gasteiger partial charge in [-0.2, -0.15) is 0 Å². The number of carboxylic acid groups (broad SMARTS) is 1. The fraction of sp³-hybridized carbons (Fsp3) is 0.682. The van der Waals surface area contributed by atoms with E-state index in [1.165, 1.54) is 5.56 Å². The molecular weight excluding hydrogens is 388 g/mol. The summed E-state index contributed by atoms with van der Waals surface area (Å²) in [4.78, 5) is 10.2. The van der Waals surface area contributed by atoms with Crippen LogP contribution in [-0.4, -0.2) is 77.1 Å². The summed E-state index contributed by atoms with van der Waals surface area (Å²) in [5, 5.41) is 13.9. The van der Waals surface area contributed by atoms with Gasteiger partial charge in [-0.25, -0.2) is 4.79 Å². The second kappa shape index (κ2) is 16.0. The molecule has 0 aliphatic heterocycles. The first-order valence-electron chi connectivity index (χ1n) is 10.5. The predicted octanol–water partition coefficient (Wildman–Crippen LogP) is 2.70. The molecule has 1 amide bonds. The molecule has 0 saturated carbocycles. The van der Waals surface area contributed by atoms with Crippen LogP contribution >= 0.6 is 0 Å². The Balaban J connectivity index is 1.93. The van der Waals surface area contributed by atoms with Gasteiger partial charge in [0.25, 0.3) is 0 Å². The summed E-state index contributed by atoms with van der Waals surface area (Å²) >= 11 is 0. The van der Waals surface area contributed by atoms with Crippen LogP contribution in [-0.2, 0) is 18.9 Å². The second-order valence-electron chi connectivity index (χ2n) is 7.85. The minimum absolute atomic E-state index is 0.0172. The molecule has 0 aliphatic carbocycles. The van der Waals surface area contributed by atoms with Gasteiger partial charge in [0, 0.05) is 19.6 Å². The molecule has 0 fully saturated rings. The van der Waals surface area contributed by atoms with Crippen molar-refractivity contribution >= 4 is 6.09 Å². The third kappa shape index (κ3) is 13.5. The quantitative estimate of drug-likeness (QED) is 0.330. The maximum absolute atomic E-state index is 10.2. The van der Waals surface area contributed by atoms with Gasteiger partial charge in [0.2, 0.25) is 0 Å². The molecule has 0 aliphatic rings. The van der Waals surface area contributed by atoms with E-state index in [-0.39, 0.29) is 18.1 Å². The highest BCUT2D eigenvalue weighted by Crippen LogP contribution is 2.35. The number of benzene rings is 1. The molecule has 0 radical (unpaired) electrons. The van der Waals surface area contributed by atoms with E-state index in [4.69, 9.17) is 24.1 Å². The summed E-state index contributed by atoms with van der Waals surface area (Å²) in [6.45, 7) is 11.9. The Bertz CT molecular complexity index is 550. The smallest absolute Gasteiger partial charge is 0.404 e. The van der Waals surface area contributed by atoms with Gasteiger partial charge in [-0.15, -0.1) is 0 Å². The van der Waals surface area contributed by atoms with Crippen LogP contribution in [0.2, 0.25) is 0 Å². The van der Waals surface area contributed by atoms with Crippen LogP contribution in [0.1, 0.15) is 32.4 Å². The molecule has 1 aromatic rings. The van der Waals surface area contributed by atoms with Crippen molar-refractivity contribution in [3.05, 3.63) is 35.9 Å². The average Bonchev–Trinajstić information content (AvgIpc) is 2.70. The number of carbonyl (C=O) groups is 1. The molecule has 8 nitrogen and oxygen atoms in total. The van der Waals surface area contributed by atoms with E-state index in [9.17, 15) is 4.79 Å². The molecule has 3 N–H and O–H groups in total. The molecule has 0 spiro atoms. The van der Waals surface area contributed by atoms with E-state index >= 15 is 0 Å². The fourth-order valence-corrected chi connectivity index (χ4v) is 2.77. The summed E-state index contributed by atoms with van der Waals surface area (Å²) in [5.41, 5.74) is 1.21. The van der Waals surface area contributed by atoms with Crippen molar-refractivity contribution in [3.63, 3.8) is 0 Å². The highest BCUT2D eigenvalue weighted by Gasteiger charge is 2.26. The molecule has 1 unspecified atom stereocenters. The van der Waals surface area contributed by atoms with Crippen LogP contribution in [0.15, 0.2) is 30.3 Å². The monoisotopic (exact) mass is 426 g/mol. The van der Waals surface area contributed by atoms with Crippen LogP contribution in [0, 0.1) is 5.41 Å². The number of rotatable bonds is 17. The Kier molecular flexibility index (Phi) is 14.1. The Morgan fingerprint density at radius 3 is 1.93 bits per heavy atom. The third-order valence-electron chi connectivity index (χ3n) is 4.14. The Morgan fingerprint density at radius 1 is 0.867 bits per heavy atom. The largest absolute Gasteiger partial charge is 0.465 e. The first kappa shape index (κ1) is 26.3. The van der Waals surface area contributed by atoms with E-state index in [1.807, 2.05) is 18.2 Å². The Hall–Kier alpha value is -1.71. The van der Waals surface area contributed by atoms with Gasteiger partial charge in [0.15, 0.2) is 0 Å². The lowest BCUT2D eigenvalue weighted by atomic mass is 9.84. The highest BCUT2D eigenvalue weighted by atomic mass is 16.5. The standard InChI is InChI=1S/C22H38N2O6/c1-22(2,3)20(19-7-5-4-6-8-19)30-18-17-28-13-10-23-9-12-27-15-16-29-14-11-24-21(25)26/h4-8,20,23-24H,9-18H2,1-3H3,(H,25,26). The van der Waals surface area contributed by atoms with E-state index < -0.39 is 6.09 Å². The minimum Gasteiger partial charge on any atom is -0.465 e. The minimum atomic E-state index is -1.04. The van der Waals surface area contributed by atoms with Gasteiger partial charge in [-0.3, -0.25) is 0 Å². The average molecular weight is 427 g/mol. The van der Waals surface area contributed by atoms with Crippen molar-refractivity contribution in [2.24, 2.45) is 5.41 Å². The topological polar surface area (TPSA) is 98.3 Å². The molecule has 0 aromatic heterocycles. The molecular formula is C22H38N2O6. The van der Waals surface area contributed by atoms with Gasteiger partial charge in [-0.05, 0) is 11.0 Å². The second-order valence-corrected chi connectivity index (χ2v) is 7.85. The van der Waals surface area contributed by atoms with E-state index in [1.54, 1.807) is 0 Å². The van der Waals surface area contributed by atoms with Gasteiger partial charge < -0.3 is 34.7 Å². The number of ether oxygens (including phenoxy) is 4. The van der Waals surface area contributed by atoms with Gasteiger partial charge in [-0.1, -0.05) is 51.1 Å². The summed E-state index contributed by atoms with van der Waals surface area (Å²) in [6.07, 6.45) is -1.01. The van der Waals surface area contributed by atoms with Crippen molar-refractivity contribution < 1.29 is 28.8 Å². The van der Waals surface area contributed by atoms with E-state index in [0.29, 0.717) is 46.2 Å². The predicted molar refractivity (Wildman–Crippen MR) is 116 cm³/mol. The normalized spacial score (nSPS) is 12.6. The molecule has 1 aromatic carbocycles. The zero-order valence-corrected chi connectivity index (χ0v) is 18.5. The van der Waals surface area contributed by atoms with Gasteiger partial charge >= 0.3 is 6.09 Å². The summed E-state index contributed by atoms with van der Waals surface area (Å²) in [7, 11) is 0. The molecule has 0 heterocycles. The maximum atomic E-state index is 10.2. The van der Waals surface area contributed by atoms with Gasteiger partial charge in [0.1, 0.15) is 0 Å². The van der Waals surface area contributed by atoms with Crippen LogP contribution < -0.4 is 10.6 Å². The van der Waals surface area contributed by atoms with Gasteiger partial charge in [0.05, 0.1) is 52.4 Å². The zero-order chi connectivity index (χ0) is 22.1. The number of hydrogen-bond donors (Lipinski definition) is 3. The summed E-state index contributed by atoms with van der Waals surface area (Å²) in [5.74, 6) is 0.